The number of ether oxygens (including phenoxy) is 1. The summed E-state index contributed by atoms with van der Waals surface area (Å²) < 4.78 is 41.1. The number of piperidine rings is 1. The molecule has 1 aromatic carbocycles. The van der Waals surface area contributed by atoms with E-state index in [4.69, 9.17) is 19.9 Å². The maximum atomic E-state index is 13.2. The number of carbonyl (C=O) groups is 3. The van der Waals surface area contributed by atoms with Gasteiger partial charge in [-0.1, -0.05) is 5.16 Å². The number of oxime groups is 1. The Hall–Kier alpha value is -4.37. The third-order valence-corrected chi connectivity index (χ3v) is 8.09. The molecule has 46 heavy (non-hydrogen) atoms. The van der Waals surface area contributed by atoms with Crippen molar-refractivity contribution in [2.24, 2.45) is 10.1 Å². The van der Waals surface area contributed by atoms with Crippen molar-refractivity contribution < 1.29 is 46.3 Å². The number of amides is 2. The molecule has 2 atom stereocenters. The molecule has 0 radical (unpaired) electrons. The minimum absolute atomic E-state index is 0.0610. The summed E-state index contributed by atoms with van der Waals surface area (Å²) in [6.45, 7) is 4.01. The minimum atomic E-state index is -5.02. The Bertz CT molecular complexity index is 1620. The molecule has 2 fully saturated rings. The number of thiazole rings is 1. The van der Waals surface area contributed by atoms with Crippen molar-refractivity contribution in [3.8, 4) is 5.75 Å². The van der Waals surface area contributed by atoms with E-state index in [1.54, 1.807) is 31.5 Å². The van der Waals surface area contributed by atoms with E-state index in [0.717, 1.165) is 48.5 Å². The van der Waals surface area contributed by atoms with Crippen molar-refractivity contribution in [1.29, 1.82) is 0 Å². The number of anilines is 2. The van der Waals surface area contributed by atoms with Crippen molar-refractivity contribution in [2.75, 3.05) is 37.8 Å². The van der Waals surface area contributed by atoms with Gasteiger partial charge in [-0.2, -0.15) is 13.5 Å². The smallest absolute Gasteiger partial charge is 0.418 e. The average Bonchev–Trinajstić information content (AvgIpc) is 3.44. The molecule has 2 aliphatic heterocycles. The number of nitrogens with two attached hydrogens (primary N) is 1. The molecule has 3 heterocycles. The molecule has 0 unspecified atom stereocenters. The number of benzene rings is 1. The highest BCUT2D eigenvalue weighted by Crippen LogP contribution is 2.33. The van der Waals surface area contributed by atoms with Crippen LogP contribution < -0.4 is 26.4 Å². The topological polar surface area (TPSA) is 256 Å². The number of aliphatic carboxylic acids is 1. The molecule has 1 aromatic heterocycles. The summed E-state index contributed by atoms with van der Waals surface area (Å²) in [6.07, 6.45) is 1.90. The van der Waals surface area contributed by atoms with Gasteiger partial charge >= 0.3 is 16.4 Å². The van der Waals surface area contributed by atoms with Crippen LogP contribution in [0.4, 0.5) is 10.8 Å². The predicted molar refractivity (Wildman–Crippen MR) is 166 cm³/mol. The first-order valence-electron chi connectivity index (χ1n) is 13.9. The number of aliphatic imine (C=N–C) groups is 1. The summed E-state index contributed by atoms with van der Waals surface area (Å²) in [6, 6.07) is 3.96. The first-order valence-corrected chi connectivity index (χ1v) is 16.1. The van der Waals surface area contributed by atoms with Crippen LogP contribution in [-0.4, -0.2) is 108 Å². The number of nitrogens with one attached hydrogen (secondary N) is 3. The molecule has 20 heteroatoms. The predicted octanol–water partition coefficient (Wildman–Crippen LogP) is 0.0308. The van der Waals surface area contributed by atoms with Crippen molar-refractivity contribution in [2.45, 2.75) is 50.4 Å². The monoisotopic (exact) mass is 682 g/mol. The Labute approximate surface area is 267 Å². The lowest BCUT2D eigenvalue weighted by atomic mass is 9.84. The molecule has 7 N–H and O–H groups in total. The minimum Gasteiger partial charge on any atom is -0.489 e. The molecule has 2 aromatic rings. The number of carbonyl (C=O) groups excluding carboxylic acids is 2. The lowest BCUT2D eigenvalue weighted by Gasteiger charge is -2.50. The largest absolute Gasteiger partial charge is 0.489 e. The summed E-state index contributed by atoms with van der Waals surface area (Å²) >= 11 is 0.962. The van der Waals surface area contributed by atoms with Gasteiger partial charge in [0.05, 0.1) is 11.6 Å². The summed E-state index contributed by atoms with van der Waals surface area (Å²) in [5, 5.41) is 24.1. The normalized spacial score (nSPS) is 19.4. The second kappa shape index (κ2) is 14.4. The Balaban J connectivity index is 1.48. The van der Waals surface area contributed by atoms with Crippen molar-refractivity contribution in [3.63, 3.8) is 0 Å². The van der Waals surface area contributed by atoms with Gasteiger partial charge in [-0.25, -0.2) is 9.78 Å². The van der Waals surface area contributed by atoms with Gasteiger partial charge in [0.2, 0.25) is 0 Å². The van der Waals surface area contributed by atoms with E-state index in [9.17, 15) is 27.9 Å². The highest BCUT2D eigenvalue weighted by atomic mass is 32.3. The second-order valence-corrected chi connectivity index (χ2v) is 12.6. The van der Waals surface area contributed by atoms with Crippen LogP contribution in [0.3, 0.4) is 0 Å². The van der Waals surface area contributed by atoms with Crippen LogP contribution in [0.2, 0.25) is 0 Å². The molecule has 0 spiro atoms. The third-order valence-electron chi connectivity index (χ3n) is 7.07. The molecule has 2 saturated heterocycles. The molecule has 2 amide bonds. The van der Waals surface area contributed by atoms with Crippen LogP contribution >= 0.6 is 11.3 Å². The Kier molecular flexibility index (Phi) is 10.8. The fraction of sp³-hybridized carbons (Fsp3) is 0.462. The lowest BCUT2D eigenvalue weighted by molar-refractivity contribution is -0.218. The Morgan fingerprint density at radius 3 is 2.63 bits per heavy atom. The van der Waals surface area contributed by atoms with E-state index >= 15 is 0 Å². The number of carboxylic acids is 1. The van der Waals surface area contributed by atoms with Gasteiger partial charge in [0, 0.05) is 29.9 Å². The van der Waals surface area contributed by atoms with Crippen molar-refractivity contribution in [3.05, 3.63) is 34.8 Å². The standard InChI is InChI=1S/C26H34N8O10S2/c1-26(2)21(23(36)34(26)44-46(39,40)41)32-22(35)20(18-13-45-25(27)31-18)33-43-19(24(37)38)12-42-16-4-5-17(28-3)14(10-16)11-30-15-6-8-29-9-7-15/h4-5,10-11,13,15,19,21,28-29H,6-9,12H2,1-3H3,(H2,27,31)(H,32,35)(H,37,38)(H,39,40,41)/b30-11?,33-20-/t19-,21+/m0/s1. The summed E-state index contributed by atoms with van der Waals surface area (Å²) in [4.78, 5) is 51.7. The van der Waals surface area contributed by atoms with E-state index in [1.807, 2.05) is 0 Å². The SMILES string of the molecule is CNc1ccc(OC[C@H](O/N=C(\C(=O)N[C@@H]2C(=O)N(OS(=O)(=O)O)C2(C)C)c2csc(N)n2)C(=O)O)cc1C=NC1CCNCC1. The quantitative estimate of drug-likeness (QED) is 0.0665. The number of hydrogen-bond donors (Lipinski definition) is 6. The molecular formula is C26H34N8O10S2. The first kappa shape index (κ1) is 34.5. The fourth-order valence-corrected chi connectivity index (χ4v) is 5.56. The van der Waals surface area contributed by atoms with Gasteiger partial charge in [-0.05, 0) is 58.0 Å². The van der Waals surface area contributed by atoms with Crippen LogP contribution in [-0.2, 0) is 33.9 Å². The van der Waals surface area contributed by atoms with E-state index in [-0.39, 0.29) is 16.9 Å². The Morgan fingerprint density at radius 1 is 1.33 bits per heavy atom. The van der Waals surface area contributed by atoms with Crippen molar-refractivity contribution >= 4 is 62.3 Å². The van der Waals surface area contributed by atoms with Crippen LogP contribution in [0, 0.1) is 0 Å². The van der Waals surface area contributed by atoms with E-state index < -0.39 is 58.2 Å². The zero-order valence-electron chi connectivity index (χ0n) is 25.0. The number of aromatic nitrogens is 1. The number of hydrogen-bond acceptors (Lipinski definition) is 15. The van der Waals surface area contributed by atoms with Gasteiger partial charge in [-0.3, -0.25) is 19.1 Å². The van der Waals surface area contributed by atoms with Gasteiger partial charge in [-0.15, -0.1) is 15.6 Å². The zero-order chi connectivity index (χ0) is 33.6. The van der Waals surface area contributed by atoms with Crippen LogP contribution in [0.1, 0.15) is 37.9 Å². The van der Waals surface area contributed by atoms with Crippen molar-refractivity contribution in [1.82, 2.24) is 20.7 Å². The second-order valence-electron chi connectivity index (χ2n) is 10.7. The first-order chi connectivity index (χ1) is 21.7. The van der Waals surface area contributed by atoms with Gasteiger partial charge < -0.3 is 36.4 Å². The highest BCUT2D eigenvalue weighted by molar-refractivity contribution is 7.80. The fourth-order valence-electron chi connectivity index (χ4n) is 4.56. The van der Waals surface area contributed by atoms with Crippen LogP contribution in [0.25, 0.3) is 0 Å². The number of carboxylic acid groups (broad SMARTS) is 1. The number of β-lactam (4-membered cyclic amide) rings is 1. The summed E-state index contributed by atoms with van der Waals surface area (Å²) in [7, 11) is -3.25. The van der Waals surface area contributed by atoms with Gasteiger partial charge in [0.25, 0.3) is 17.9 Å². The molecule has 18 nitrogen and oxygen atoms in total. The zero-order valence-corrected chi connectivity index (χ0v) is 26.6. The number of hydroxylamine groups is 2. The van der Waals surface area contributed by atoms with E-state index in [2.05, 4.69) is 35.4 Å². The maximum Gasteiger partial charge on any atom is 0.418 e. The number of nitrogens with zero attached hydrogens (tertiary/aromatic N) is 4. The van der Waals surface area contributed by atoms with Crippen LogP contribution in [0.15, 0.2) is 33.7 Å². The van der Waals surface area contributed by atoms with E-state index in [0.29, 0.717) is 10.8 Å². The van der Waals surface area contributed by atoms with Gasteiger partial charge in [0.15, 0.2) is 10.8 Å². The maximum absolute atomic E-state index is 13.2. The molecule has 0 bridgehead atoms. The van der Waals surface area contributed by atoms with Gasteiger partial charge in [0.1, 0.15) is 24.1 Å². The molecule has 0 aliphatic carbocycles. The molecular weight excluding hydrogens is 648 g/mol. The summed E-state index contributed by atoms with van der Waals surface area (Å²) in [5.74, 6) is -3.13. The number of nitrogen functional groups attached to an aromatic ring is 1. The lowest BCUT2D eigenvalue weighted by Crippen LogP contribution is -2.76. The van der Waals surface area contributed by atoms with E-state index in [1.165, 1.54) is 19.2 Å². The third kappa shape index (κ3) is 8.46. The Morgan fingerprint density at radius 2 is 2.04 bits per heavy atom. The molecule has 0 saturated carbocycles. The highest BCUT2D eigenvalue weighted by Gasteiger charge is 2.58. The molecule has 250 valence electrons. The average molecular weight is 683 g/mol. The molecule has 4 rings (SSSR count). The summed E-state index contributed by atoms with van der Waals surface area (Å²) in [5.41, 5.74) is 5.20. The molecule has 2 aliphatic rings. The number of rotatable bonds is 14. The van der Waals surface area contributed by atoms with Crippen LogP contribution in [0.5, 0.6) is 5.75 Å².